The van der Waals surface area contributed by atoms with Crippen LogP contribution in [-0.2, 0) is 9.36 Å². The Hall–Kier alpha value is -0.420. The van der Waals surface area contributed by atoms with E-state index < -0.39 is 19.3 Å². The van der Waals surface area contributed by atoms with Crippen LogP contribution < -0.4 is 11.1 Å². The normalized spacial score (nSPS) is 14.0. The number of hydrogen-bond acceptors (Lipinski definition) is 3. The molecule has 1 unspecified atom stereocenters. The molecule has 72 valence electrons. The van der Waals surface area contributed by atoms with Crippen molar-refractivity contribution in [3.05, 3.63) is 0 Å². The molecule has 0 radical (unpaired) electrons. The van der Waals surface area contributed by atoms with E-state index in [9.17, 15) is 9.36 Å². The second-order valence-corrected chi connectivity index (χ2v) is 4.32. The Balaban J connectivity index is 3.93. The van der Waals surface area contributed by atoms with Crippen molar-refractivity contribution in [1.29, 1.82) is 0 Å². The lowest BCUT2D eigenvalue weighted by atomic mass is 10.4. The predicted octanol–water partition coefficient (Wildman–Crippen LogP) is -1.02. The molecule has 0 saturated carbocycles. The van der Waals surface area contributed by atoms with Gasteiger partial charge in [-0.25, -0.2) is 0 Å². The highest BCUT2D eigenvalue weighted by Gasteiger charge is 2.24. The molecular formula is C5H13N2O4P. The van der Waals surface area contributed by atoms with Crippen molar-refractivity contribution < 1.29 is 19.1 Å². The van der Waals surface area contributed by atoms with Gasteiger partial charge in [-0.15, -0.1) is 0 Å². The van der Waals surface area contributed by atoms with Crippen LogP contribution in [0.1, 0.15) is 13.3 Å². The third-order valence-electron chi connectivity index (χ3n) is 1.25. The van der Waals surface area contributed by atoms with Crippen LogP contribution in [0.4, 0.5) is 0 Å². The maximum atomic E-state index is 10.8. The summed E-state index contributed by atoms with van der Waals surface area (Å²) in [7, 11) is -4.21. The molecule has 1 atom stereocenters. The van der Waals surface area contributed by atoms with E-state index in [0.29, 0.717) is 0 Å². The Labute approximate surface area is 70.3 Å². The quantitative estimate of drug-likeness (QED) is 0.429. The van der Waals surface area contributed by atoms with Gasteiger partial charge in [0.2, 0.25) is 5.91 Å². The van der Waals surface area contributed by atoms with Crippen LogP contribution in [0.3, 0.4) is 0 Å². The minimum absolute atomic E-state index is 0.0737. The molecule has 0 aliphatic carbocycles. The fourth-order valence-electron chi connectivity index (χ4n) is 0.520. The lowest BCUT2D eigenvalue weighted by Gasteiger charge is -2.14. The fourth-order valence-corrected chi connectivity index (χ4v) is 0.833. The molecule has 1 amide bonds. The van der Waals surface area contributed by atoms with Gasteiger partial charge < -0.3 is 20.8 Å². The molecule has 0 aliphatic rings. The number of nitrogens with one attached hydrogen (secondary N) is 1. The molecule has 5 N–H and O–H groups in total. The smallest absolute Gasteiger partial charge is 0.342 e. The SMILES string of the molecule is CC(NC(=O)CCN)P(=O)(O)O. The van der Waals surface area contributed by atoms with Gasteiger partial charge >= 0.3 is 7.60 Å². The summed E-state index contributed by atoms with van der Waals surface area (Å²) in [6.45, 7) is 1.41. The monoisotopic (exact) mass is 196 g/mol. The lowest BCUT2D eigenvalue weighted by Crippen LogP contribution is -2.33. The van der Waals surface area contributed by atoms with Crippen molar-refractivity contribution in [3.8, 4) is 0 Å². The lowest BCUT2D eigenvalue weighted by molar-refractivity contribution is -0.121. The predicted molar refractivity (Wildman–Crippen MR) is 43.3 cm³/mol. The Morgan fingerprint density at radius 3 is 2.50 bits per heavy atom. The number of hydrogen-bond donors (Lipinski definition) is 4. The van der Waals surface area contributed by atoms with Crippen molar-refractivity contribution in [1.82, 2.24) is 5.32 Å². The summed E-state index contributed by atoms with van der Waals surface area (Å²) >= 11 is 0. The van der Waals surface area contributed by atoms with Crippen LogP contribution in [0.5, 0.6) is 0 Å². The van der Waals surface area contributed by atoms with Gasteiger partial charge in [-0.2, -0.15) is 0 Å². The van der Waals surface area contributed by atoms with Gasteiger partial charge in [-0.3, -0.25) is 9.36 Å². The van der Waals surface area contributed by atoms with E-state index in [1.807, 2.05) is 0 Å². The first-order valence-corrected chi connectivity index (χ1v) is 5.10. The highest BCUT2D eigenvalue weighted by molar-refractivity contribution is 7.52. The largest absolute Gasteiger partial charge is 0.347 e. The van der Waals surface area contributed by atoms with Crippen molar-refractivity contribution in [2.45, 2.75) is 19.1 Å². The average molecular weight is 196 g/mol. The minimum atomic E-state index is -4.21. The van der Waals surface area contributed by atoms with Gasteiger partial charge in [-0.1, -0.05) is 0 Å². The first-order valence-electron chi connectivity index (χ1n) is 3.42. The zero-order valence-corrected chi connectivity index (χ0v) is 7.62. The summed E-state index contributed by atoms with van der Waals surface area (Å²) in [6, 6.07) is 0. The maximum Gasteiger partial charge on any atom is 0.347 e. The molecule has 0 aromatic rings. The summed E-state index contributed by atoms with van der Waals surface area (Å²) in [6.07, 6.45) is 0.0737. The summed E-state index contributed by atoms with van der Waals surface area (Å²) in [4.78, 5) is 27.9. The van der Waals surface area contributed by atoms with Gasteiger partial charge in [0.05, 0.1) is 0 Å². The van der Waals surface area contributed by atoms with E-state index in [1.165, 1.54) is 6.92 Å². The van der Waals surface area contributed by atoms with Gasteiger partial charge in [0.15, 0.2) is 0 Å². The Morgan fingerprint density at radius 1 is 1.67 bits per heavy atom. The Morgan fingerprint density at radius 2 is 2.17 bits per heavy atom. The van der Waals surface area contributed by atoms with Crippen LogP contribution in [-0.4, -0.2) is 28.0 Å². The van der Waals surface area contributed by atoms with Gasteiger partial charge in [0.1, 0.15) is 5.78 Å². The van der Waals surface area contributed by atoms with Gasteiger partial charge in [-0.05, 0) is 6.92 Å². The molecule has 6 nitrogen and oxygen atoms in total. The van der Waals surface area contributed by atoms with E-state index in [1.54, 1.807) is 0 Å². The fraction of sp³-hybridized carbons (Fsp3) is 0.800. The third-order valence-corrected chi connectivity index (χ3v) is 2.38. The molecule has 0 spiro atoms. The summed E-state index contributed by atoms with van der Waals surface area (Å²) in [5.74, 6) is -1.59. The zero-order chi connectivity index (χ0) is 9.78. The van der Waals surface area contributed by atoms with Gasteiger partial charge in [0, 0.05) is 13.0 Å². The van der Waals surface area contributed by atoms with Crippen molar-refractivity contribution in [3.63, 3.8) is 0 Å². The Bertz CT molecular complexity index is 202. The number of carbonyl (C=O) groups excluding carboxylic acids is 1. The summed E-state index contributed by atoms with van der Waals surface area (Å²) in [5.41, 5.74) is 5.06. The zero-order valence-electron chi connectivity index (χ0n) is 6.73. The second-order valence-electron chi connectivity index (χ2n) is 2.37. The number of rotatable bonds is 4. The van der Waals surface area contributed by atoms with E-state index in [-0.39, 0.29) is 13.0 Å². The van der Waals surface area contributed by atoms with Crippen molar-refractivity contribution in [2.75, 3.05) is 6.54 Å². The van der Waals surface area contributed by atoms with Crippen LogP contribution in [0.25, 0.3) is 0 Å². The van der Waals surface area contributed by atoms with Crippen molar-refractivity contribution in [2.24, 2.45) is 5.73 Å². The molecule has 0 fully saturated rings. The average Bonchev–Trinajstić information content (AvgIpc) is 1.85. The molecule has 12 heavy (non-hydrogen) atoms. The molecule has 0 heterocycles. The molecule has 0 aliphatic heterocycles. The van der Waals surface area contributed by atoms with Crippen LogP contribution in [0.2, 0.25) is 0 Å². The first-order chi connectivity index (χ1) is 5.38. The number of amides is 1. The molecule has 0 aromatic heterocycles. The van der Waals surface area contributed by atoms with Crippen LogP contribution in [0.15, 0.2) is 0 Å². The highest BCUT2D eigenvalue weighted by Crippen LogP contribution is 2.38. The van der Waals surface area contributed by atoms with E-state index in [2.05, 4.69) is 5.32 Å². The molecule has 0 rings (SSSR count). The van der Waals surface area contributed by atoms with E-state index in [4.69, 9.17) is 15.5 Å². The third kappa shape index (κ3) is 4.46. The van der Waals surface area contributed by atoms with Crippen LogP contribution >= 0.6 is 7.60 Å². The standard InChI is InChI=1S/C5H13N2O4P/c1-4(12(9,10)11)7-5(8)2-3-6/h4H,2-3,6H2,1H3,(H,7,8)(H2,9,10,11). The number of nitrogens with two attached hydrogens (primary N) is 1. The molecule has 0 saturated heterocycles. The maximum absolute atomic E-state index is 10.8. The first kappa shape index (κ1) is 11.6. The topological polar surface area (TPSA) is 113 Å². The van der Waals surface area contributed by atoms with Crippen molar-refractivity contribution >= 4 is 13.5 Å². The highest BCUT2D eigenvalue weighted by atomic mass is 31.2. The van der Waals surface area contributed by atoms with Gasteiger partial charge in [0.25, 0.3) is 0 Å². The molecule has 0 bridgehead atoms. The summed E-state index contributed by atoms with van der Waals surface area (Å²) < 4.78 is 10.5. The summed E-state index contributed by atoms with van der Waals surface area (Å²) in [5, 5.41) is 2.14. The minimum Gasteiger partial charge on any atom is -0.342 e. The molecule has 0 aromatic carbocycles. The van der Waals surface area contributed by atoms with Crippen LogP contribution in [0, 0.1) is 0 Å². The number of carbonyl (C=O) groups is 1. The second kappa shape index (κ2) is 4.57. The molecular weight excluding hydrogens is 183 g/mol. The molecule has 7 heteroatoms. The Kier molecular flexibility index (Phi) is 4.41. The van der Waals surface area contributed by atoms with E-state index >= 15 is 0 Å². The van der Waals surface area contributed by atoms with E-state index in [0.717, 1.165) is 0 Å².